The second kappa shape index (κ2) is 6.67. The van der Waals surface area contributed by atoms with Crippen molar-refractivity contribution in [1.29, 1.82) is 0 Å². The van der Waals surface area contributed by atoms with E-state index in [1.165, 1.54) is 6.07 Å². The lowest BCUT2D eigenvalue weighted by Crippen LogP contribution is -2.36. The van der Waals surface area contributed by atoms with Gasteiger partial charge in [0.15, 0.2) is 0 Å². The average Bonchev–Trinajstić information content (AvgIpc) is 2.38. The van der Waals surface area contributed by atoms with Gasteiger partial charge < -0.3 is 10.5 Å². The number of nitrogen functional groups attached to an aromatic ring is 1. The van der Waals surface area contributed by atoms with E-state index in [-0.39, 0.29) is 18.8 Å². The third-order valence-electron chi connectivity index (χ3n) is 2.54. The molecule has 0 spiro atoms. The zero-order chi connectivity index (χ0) is 15.3. The summed E-state index contributed by atoms with van der Waals surface area (Å²) in [7, 11) is -4.14. The first-order valence-electron chi connectivity index (χ1n) is 6.03. The first kappa shape index (κ1) is 16.4. The van der Waals surface area contributed by atoms with Crippen molar-refractivity contribution in [2.75, 3.05) is 25.4 Å². The van der Waals surface area contributed by atoms with E-state index in [2.05, 4.69) is 0 Å². The number of sulfonamides is 1. The third kappa shape index (κ3) is 3.67. The van der Waals surface area contributed by atoms with Gasteiger partial charge in [-0.3, -0.25) is 4.79 Å². The number of ether oxygens (including phenoxy) is 1. The van der Waals surface area contributed by atoms with Crippen LogP contribution in [0.5, 0.6) is 0 Å². The first-order valence-corrected chi connectivity index (χ1v) is 7.47. The summed E-state index contributed by atoms with van der Waals surface area (Å²) < 4.78 is 43.8. The molecule has 1 rings (SSSR count). The Kier molecular flexibility index (Phi) is 5.46. The van der Waals surface area contributed by atoms with Gasteiger partial charge in [-0.2, -0.15) is 4.31 Å². The van der Waals surface area contributed by atoms with Crippen molar-refractivity contribution >= 4 is 21.7 Å². The highest BCUT2D eigenvalue weighted by Gasteiger charge is 2.28. The summed E-state index contributed by atoms with van der Waals surface area (Å²) in [5.74, 6) is -1.61. The molecule has 6 nitrogen and oxygen atoms in total. The van der Waals surface area contributed by atoms with E-state index in [0.717, 1.165) is 16.4 Å². The predicted molar refractivity (Wildman–Crippen MR) is 71.9 cm³/mol. The van der Waals surface area contributed by atoms with Gasteiger partial charge in [0.1, 0.15) is 17.3 Å². The van der Waals surface area contributed by atoms with Crippen LogP contribution < -0.4 is 5.73 Å². The molecule has 0 radical (unpaired) electrons. The number of halogens is 1. The molecule has 0 aliphatic carbocycles. The minimum Gasteiger partial charge on any atom is -0.465 e. The number of nitrogens with two attached hydrogens (primary N) is 1. The van der Waals surface area contributed by atoms with Crippen LogP contribution in [0.2, 0.25) is 0 Å². The van der Waals surface area contributed by atoms with E-state index in [0.29, 0.717) is 0 Å². The lowest BCUT2D eigenvalue weighted by atomic mass is 10.3. The molecule has 2 N–H and O–H groups in total. The van der Waals surface area contributed by atoms with Gasteiger partial charge in [0, 0.05) is 12.2 Å². The van der Waals surface area contributed by atoms with Crippen LogP contribution in [-0.4, -0.2) is 38.4 Å². The van der Waals surface area contributed by atoms with Crippen LogP contribution in [0.25, 0.3) is 0 Å². The van der Waals surface area contributed by atoms with Gasteiger partial charge in [-0.05, 0) is 25.1 Å². The SMILES string of the molecule is CCOC(=O)CN(CC)S(=O)(=O)c1cc(N)ccc1F. The maximum absolute atomic E-state index is 13.7. The topological polar surface area (TPSA) is 89.7 Å². The molecular formula is C12H17FN2O4S. The maximum atomic E-state index is 13.7. The predicted octanol–water partition coefficient (Wildman–Crippen LogP) is 0.982. The summed E-state index contributed by atoms with van der Waals surface area (Å²) in [5, 5.41) is 0. The van der Waals surface area contributed by atoms with Gasteiger partial charge in [-0.15, -0.1) is 0 Å². The van der Waals surface area contributed by atoms with Gasteiger partial charge in [0.25, 0.3) is 0 Å². The van der Waals surface area contributed by atoms with Crippen LogP contribution in [0.4, 0.5) is 10.1 Å². The number of carbonyl (C=O) groups is 1. The van der Waals surface area contributed by atoms with Gasteiger partial charge >= 0.3 is 5.97 Å². The molecule has 0 heterocycles. The second-order valence-electron chi connectivity index (χ2n) is 3.93. The highest BCUT2D eigenvalue weighted by atomic mass is 32.2. The third-order valence-corrected chi connectivity index (χ3v) is 4.47. The summed E-state index contributed by atoms with van der Waals surface area (Å²) >= 11 is 0. The highest BCUT2D eigenvalue weighted by molar-refractivity contribution is 7.89. The molecule has 0 aliphatic rings. The molecule has 0 amide bonds. The molecule has 0 saturated heterocycles. The smallest absolute Gasteiger partial charge is 0.321 e. The lowest BCUT2D eigenvalue weighted by Gasteiger charge is -2.20. The number of esters is 1. The number of hydrogen-bond donors (Lipinski definition) is 1. The van der Waals surface area contributed by atoms with Crippen molar-refractivity contribution in [2.24, 2.45) is 0 Å². The number of rotatable bonds is 6. The van der Waals surface area contributed by atoms with Gasteiger partial charge in [-0.1, -0.05) is 6.92 Å². The number of carbonyl (C=O) groups excluding carboxylic acids is 1. The highest BCUT2D eigenvalue weighted by Crippen LogP contribution is 2.21. The fourth-order valence-corrected chi connectivity index (χ4v) is 3.07. The molecule has 0 unspecified atom stereocenters. The quantitative estimate of drug-likeness (QED) is 0.625. The Labute approximate surface area is 117 Å². The van der Waals surface area contributed by atoms with Crippen LogP contribution in [-0.2, 0) is 19.6 Å². The van der Waals surface area contributed by atoms with Crippen LogP contribution in [0, 0.1) is 5.82 Å². The Morgan fingerprint density at radius 1 is 1.40 bits per heavy atom. The van der Waals surface area contributed by atoms with Crippen molar-refractivity contribution in [2.45, 2.75) is 18.7 Å². The molecule has 112 valence electrons. The number of hydrogen-bond acceptors (Lipinski definition) is 5. The number of nitrogens with zero attached hydrogens (tertiary/aromatic N) is 1. The summed E-state index contributed by atoms with van der Waals surface area (Å²) in [6.07, 6.45) is 0. The standard InChI is InChI=1S/C12H17FN2O4S/c1-3-15(8-12(16)19-4-2)20(17,18)11-7-9(14)5-6-10(11)13/h5-7H,3-4,8,14H2,1-2H3. The summed E-state index contributed by atoms with van der Waals surface area (Å²) in [6.45, 7) is 2.83. The number of likely N-dealkylation sites (N-methyl/N-ethyl adjacent to an activating group) is 1. The summed E-state index contributed by atoms with van der Waals surface area (Å²) in [5.41, 5.74) is 5.60. The molecule has 0 aromatic heterocycles. The molecule has 1 aromatic rings. The van der Waals surface area contributed by atoms with E-state index < -0.39 is 33.3 Å². The average molecular weight is 304 g/mol. The fraction of sp³-hybridized carbons (Fsp3) is 0.417. The minimum absolute atomic E-state index is 0.00931. The van der Waals surface area contributed by atoms with Crippen LogP contribution >= 0.6 is 0 Å². The van der Waals surface area contributed by atoms with E-state index in [9.17, 15) is 17.6 Å². The van der Waals surface area contributed by atoms with E-state index in [1.54, 1.807) is 13.8 Å². The van der Waals surface area contributed by atoms with Gasteiger partial charge in [0.05, 0.1) is 6.61 Å². The molecule has 0 bridgehead atoms. The first-order chi connectivity index (χ1) is 9.32. The van der Waals surface area contributed by atoms with E-state index in [1.807, 2.05) is 0 Å². The zero-order valence-corrected chi connectivity index (χ0v) is 12.1. The Morgan fingerprint density at radius 3 is 2.60 bits per heavy atom. The van der Waals surface area contributed by atoms with Crippen molar-refractivity contribution in [3.8, 4) is 0 Å². The van der Waals surface area contributed by atoms with E-state index in [4.69, 9.17) is 10.5 Å². The Bertz CT molecular complexity index is 589. The molecule has 1 aromatic carbocycles. The van der Waals surface area contributed by atoms with Crippen molar-refractivity contribution in [3.05, 3.63) is 24.0 Å². The van der Waals surface area contributed by atoms with Crippen LogP contribution in [0.3, 0.4) is 0 Å². The lowest BCUT2D eigenvalue weighted by molar-refractivity contribution is -0.143. The van der Waals surface area contributed by atoms with Crippen LogP contribution in [0.1, 0.15) is 13.8 Å². The number of anilines is 1. The summed E-state index contributed by atoms with van der Waals surface area (Å²) in [6, 6.07) is 3.26. The molecule has 0 aliphatic heterocycles. The summed E-state index contributed by atoms with van der Waals surface area (Å²) in [4.78, 5) is 10.8. The molecule has 8 heteroatoms. The monoisotopic (exact) mass is 304 g/mol. The molecule has 0 fully saturated rings. The van der Waals surface area contributed by atoms with Gasteiger partial charge in [0.2, 0.25) is 10.0 Å². The molecule has 20 heavy (non-hydrogen) atoms. The van der Waals surface area contributed by atoms with Crippen molar-refractivity contribution < 1.29 is 22.3 Å². The number of benzene rings is 1. The van der Waals surface area contributed by atoms with Crippen LogP contribution in [0.15, 0.2) is 23.1 Å². The van der Waals surface area contributed by atoms with E-state index >= 15 is 0 Å². The Hall–Kier alpha value is -1.67. The van der Waals surface area contributed by atoms with Crippen molar-refractivity contribution in [1.82, 2.24) is 4.31 Å². The molecular weight excluding hydrogens is 287 g/mol. The molecule has 0 atom stereocenters. The minimum atomic E-state index is -4.14. The zero-order valence-electron chi connectivity index (χ0n) is 11.3. The second-order valence-corrected chi connectivity index (χ2v) is 5.83. The Morgan fingerprint density at radius 2 is 2.05 bits per heavy atom. The normalized spacial score (nSPS) is 11.6. The fourth-order valence-electron chi connectivity index (χ4n) is 1.57. The largest absolute Gasteiger partial charge is 0.465 e. The molecule has 0 saturated carbocycles. The van der Waals surface area contributed by atoms with Gasteiger partial charge in [-0.25, -0.2) is 12.8 Å². The maximum Gasteiger partial charge on any atom is 0.321 e. The van der Waals surface area contributed by atoms with Crippen molar-refractivity contribution in [3.63, 3.8) is 0 Å². The Balaban J connectivity index is 3.12.